The molecule has 0 spiro atoms. The zero-order valence-corrected chi connectivity index (χ0v) is 11.7. The molecule has 100 valence electrons. The Morgan fingerprint density at radius 2 is 2.22 bits per heavy atom. The summed E-state index contributed by atoms with van der Waals surface area (Å²) in [6.07, 6.45) is 2.92. The Balaban J connectivity index is 2.71. The molecule has 1 aromatic carbocycles. The summed E-state index contributed by atoms with van der Waals surface area (Å²) in [5.41, 5.74) is 0.0856. The predicted molar refractivity (Wildman–Crippen MR) is 72.9 cm³/mol. The van der Waals surface area contributed by atoms with Gasteiger partial charge < -0.3 is 9.64 Å². The number of carbonyl (C=O) groups excluding carboxylic acids is 1. The van der Waals surface area contributed by atoms with Crippen LogP contribution in [-0.2, 0) is 0 Å². The summed E-state index contributed by atoms with van der Waals surface area (Å²) in [7, 11) is 3.15. The van der Waals surface area contributed by atoms with E-state index in [0.29, 0.717) is 12.3 Å². The third-order valence-electron chi connectivity index (χ3n) is 2.60. The van der Waals surface area contributed by atoms with Crippen LogP contribution in [-0.4, -0.2) is 43.5 Å². The second-order valence-electron chi connectivity index (χ2n) is 3.92. The molecule has 1 aromatic rings. The van der Waals surface area contributed by atoms with Gasteiger partial charge in [0.15, 0.2) is 0 Å². The molecule has 0 N–H and O–H groups in total. The van der Waals surface area contributed by atoms with E-state index in [1.807, 2.05) is 6.26 Å². The molecule has 0 radical (unpaired) electrons. The van der Waals surface area contributed by atoms with Crippen molar-refractivity contribution in [2.24, 2.45) is 0 Å². The molecule has 0 saturated heterocycles. The maximum Gasteiger partial charge on any atom is 0.256 e. The number of hydrogen-bond acceptors (Lipinski definition) is 3. The molecule has 0 bridgehead atoms. The maximum absolute atomic E-state index is 13.7. The van der Waals surface area contributed by atoms with Gasteiger partial charge in [-0.05, 0) is 30.6 Å². The van der Waals surface area contributed by atoms with E-state index in [9.17, 15) is 9.18 Å². The summed E-state index contributed by atoms with van der Waals surface area (Å²) in [6, 6.07) is 4.27. The SMILES string of the molecule is COc1ccc(C(=O)N(C)CCCSC)c(F)c1. The summed E-state index contributed by atoms with van der Waals surface area (Å²) in [4.78, 5) is 13.5. The molecule has 1 amide bonds. The van der Waals surface area contributed by atoms with E-state index in [4.69, 9.17) is 4.74 Å². The number of benzene rings is 1. The molecule has 3 nitrogen and oxygen atoms in total. The van der Waals surface area contributed by atoms with Crippen molar-refractivity contribution < 1.29 is 13.9 Å². The lowest BCUT2D eigenvalue weighted by Crippen LogP contribution is -2.28. The Labute approximate surface area is 111 Å². The Morgan fingerprint density at radius 3 is 2.78 bits per heavy atom. The molecule has 0 heterocycles. The van der Waals surface area contributed by atoms with Crippen LogP contribution in [0.4, 0.5) is 4.39 Å². The Morgan fingerprint density at radius 1 is 1.50 bits per heavy atom. The molecule has 0 aliphatic rings. The molecule has 0 saturated carbocycles. The van der Waals surface area contributed by atoms with E-state index >= 15 is 0 Å². The van der Waals surface area contributed by atoms with Gasteiger partial charge in [0, 0.05) is 19.7 Å². The second-order valence-corrected chi connectivity index (χ2v) is 4.90. The zero-order valence-electron chi connectivity index (χ0n) is 10.9. The summed E-state index contributed by atoms with van der Waals surface area (Å²) in [5, 5.41) is 0. The van der Waals surface area contributed by atoms with Gasteiger partial charge >= 0.3 is 0 Å². The highest BCUT2D eigenvalue weighted by Gasteiger charge is 2.16. The van der Waals surface area contributed by atoms with Gasteiger partial charge in [-0.2, -0.15) is 11.8 Å². The molecule has 18 heavy (non-hydrogen) atoms. The topological polar surface area (TPSA) is 29.5 Å². The van der Waals surface area contributed by atoms with Crippen LogP contribution in [0.3, 0.4) is 0 Å². The number of hydrogen-bond donors (Lipinski definition) is 0. The largest absolute Gasteiger partial charge is 0.497 e. The van der Waals surface area contributed by atoms with Crippen molar-refractivity contribution in [3.8, 4) is 5.75 Å². The van der Waals surface area contributed by atoms with Crippen LogP contribution in [0.1, 0.15) is 16.8 Å². The van der Waals surface area contributed by atoms with Crippen molar-refractivity contribution >= 4 is 17.7 Å². The highest BCUT2D eigenvalue weighted by Crippen LogP contribution is 2.17. The first-order valence-corrected chi connectivity index (χ1v) is 7.07. The lowest BCUT2D eigenvalue weighted by Gasteiger charge is -2.17. The average Bonchev–Trinajstić information content (AvgIpc) is 2.38. The van der Waals surface area contributed by atoms with Crippen molar-refractivity contribution in [1.29, 1.82) is 0 Å². The summed E-state index contributed by atoms with van der Waals surface area (Å²) < 4.78 is 18.6. The average molecular weight is 271 g/mol. The highest BCUT2D eigenvalue weighted by atomic mass is 32.2. The number of rotatable bonds is 6. The van der Waals surface area contributed by atoms with E-state index in [1.165, 1.54) is 19.2 Å². The quantitative estimate of drug-likeness (QED) is 0.745. The van der Waals surface area contributed by atoms with Crippen LogP contribution in [0.25, 0.3) is 0 Å². The first-order valence-electron chi connectivity index (χ1n) is 5.68. The van der Waals surface area contributed by atoms with E-state index in [-0.39, 0.29) is 11.5 Å². The molecule has 0 atom stereocenters. The fourth-order valence-corrected chi connectivity index (χ4v) is 1.97. The molecular formula is C13H18FNO2S. The standard InChI is InChI=1S/C13H18FNO2S/c1-15(7-4-8-18-3)13(16)11-6-5-10(17-2)9-12(11)14/h5-6,9H,4,7-8H2,1-3H3. The summed E-state index contributed by atoms with van der Waals surface area (Å²) in [6.45, 7) is 0.630. The summed E-state index contributed by atoms with van der Waals surface area (Å²) in [5.74, 6) is 0.560. The molecule has 5 heteroatoms. The predicted octanol–water partition coefficient (Wildman–Crippen LogP) is 2.66. The molecule has 0 aliphatic heterocycles. The Bertz CT molecular complexity index is 412. The number of thioether (sulfide) groups is 1. The van der Waals surface area contributed by atoms with Gasteiger partial charge in [-0.1, -0.05) is 0 Å². The van der Waals surface area contributed by atoms with Crippen molar-refractivity contribution in [2.75, 3.05) is 32.7 Å². The zero-order chi connectivity index (χ0) is 13.5. The first kappa shape index (κ1) is 14.8. The maximum atomic E-state index is 13.7. The monoisotopic (exact) mass is 271 g/mol. The fourth-order valence-electron chi connectivity index (χ4n) is 1.55. The van der Waals surface area contributed by atoms with Crippen molar-refractivity contribution in [1.82, 2.24) is 4.90 Å². The number of methoxy groups -OCH3 is 1. The van der Waals surface area contributed by atoms with Crippen LogP contribution in [0.15, 0.2) is 18.2 Å². The van der Waals surface area contributed by atoms with Crippen LogP contribution in [0.5, 0.6) is 5.75 Å². The number of halogens is 1. The van der Waals surface area contributed by atoms with Crippen molar-refractivity contribution in [2.45, 2.75) is 6.42 Å². The Kier molecular flexibility index (Phi) is 5.98. The summed E-state index contributed by atoms with van der Waals surface area (Å²) >= 11 is 1.73. The number of ether oxygens (including phenoxy) is 1. The van der Waals surface area contributed by atoms with Crippen LogP contribution in [0.2, 0.25) is 0 Å². The van der Waals surface area contributed by atoms with Gasteiger partial charge in [0.2, 0.25) is 0 Å². The third kappa shape index (κ3) is 3.91. The minimum absolute atomic E-state index is 0.0856. The Hall–Kier alpha value is -1.23. The molecule has 0 unspecified atom stereocenters. The third-order valence-corrected chi connectivity index (χ3v) is 3.29. The van der Waals surface area contributed by atoms with E-state index in [0.717, 1.165) is 12.2 Å². The lowest BCUT2D eigenvalue weighted by atomic mass is 10.1. The fraction of sp³-hybridized carbons (Fsp3) is 0.462. The highest BCUT2D eigenvalue weighted by molar-refractivity contribution is 7.98. The van der Waals surface area contributed by atoms with Crippen molar-refractivity contribution in [3.63, 3.8) is 0 Å². The lowest BCUT2D eigenvalue weighted by molar-refractivity contribution is 0.0791. The molecular weight excluding hydrogens is 253 g/mol. The van der Waals surface area contributed by atoms with Gasteiger partial charge in [-0.15, -0.1) is 0 Å². The van der Waals surface area contributed by atoms with Gasteiger partial charge in [0.05, 0.1) is 12.7 Å². The van der Waals surface area contributed by atoms with Crippen LogP contribution in [0, 0.1) is 5.82 Å². The first-order chi connectivity index (χ1) is 8.60. The van der Waals surface area contributed by atoms with E-state index < -0.39 is 5.82 Å². The van der Waals surface area contributed by atoms with Crippen LogP contribution < -0.4 is 4.74 Å². The number of carbonyl (C=O) groups is 1. The minimum atomic E-state index is -0.545. The number of nitrogens with zero attached hydrogens (tertiary/aromatic N) is 1. The second kappa shape index (κ2) is 7.26. The van der Waals surface area contributed by atoms with Crippen molar-refractivity contribution in [3.05, 3.63) is 29.6 Å². The van der Waals surface area contributed by atoms with E-state index in [1.54, 1.807) is 29.8 Å². The number of amides is 1. The molecule has 1 rings (SSSR count). The van der Waals surface area contributed by atoms with Gasteiger partial charge in [0.25, 0.3) is 5.91 Å². The van der Waals surface area contributed by atoms with E-state index in [2.05, 4.69) is 0 Å². The smallest absolute Gasteiger partial charge is 0.256 e. The molecule has 0 aliphatic carbocycles. The minimum Gasteiger partial charge on any atom is -0.497 e. The molecule has 0 aromatic heterocycles. The molecule has 0 fully saturated rings. The van der Waals surface area contributed by atoms with Gasteiger partial charge in [0.1, 0.15) is 11.6 Å². The van der Waals surface area contributed by atoms with Crippen LogP contribution >= 0.6 is 11.8 Å². The normalized spacial score (nSPS) is 10.2. The van der Waals surface area contributed by atoms with Gasteiger partial charge in [-0.25, -0.2) is 4.39 Å². The van der Waals surface area contributed by atoms with Gasteiger partial charge in [-0.3, -0.25) is 4.79 Å².